The first-order chi connectivity index (χ1) is 15.6. The molecule has 0 aliphatic carbocycles. The summed E-state index contributed by atoms with van der Waals surface area (Å²) in [5.74, 6) is -0.698. The maximum atomic E-state index is 12.9. The number of amides is 3. The molecule has 1 saturated heterocycles. The Bertz CT molecular complexity index is 1150. The van der Waals surface area contributed by atoms with Crippen molar-refractivity contribution in [1.29, 1.82) is 0 Å². The fraction of sp³-hybridized carbons (Fsp3) is 0.318. The average Bonchev–Trinajstić information content (AvgIpc) is 2.78. The molecule has 3 N–H and O–H groups in total. The van der Waals surface area contributed by atoms with Crippen molar-refractivity contribution in [1.82, 2.24) is 9.62 Å². The van der Waals surface area contributed by atoms with Gasteiger partial charge in [-0.05, 0) is 42.3 Å². The molecule has 0 atom stereocenters. The molecular formula is C22H26N4O6S. The molecule has 1 heterocycles. The van der Waals surface area contributed by atoms with E-state index in [1.165, 1.54) is 24.3 Å². The van der Waals surface area contributed by atoms with Crippen LogP contribution in [-0.2, 0) is 19.6 Å². The van der Waals surface area contributed by atoms with Gasteiger partial charge in [-0.3, -0.25) is 14.9 Å². The predicted octanol–water partition coefficient (Wildman–Crippen LogP) is 2.26. The lowest BCUT2D eigenvalue weighted by Gasteiger charge is -2.26. The van der Waals surface area contributed by atoms with Gasteiger partial charge >= 0.3 is 6.09 Å². The summed E-state index contributed by atoms with van der Waals surface area (Å²) in [5.41, 5.74) is 0.969. The molecule has 0 saturated carbocycles. The highest BCUT2D eigenvalue weighted by Crippen LogP contribution is 2.20. The van der Waals surface area contributed by atoms with Crippen molar-refractivity contribution in [3.05, 3.63) is 54.1 Å². The average molecular weight is 475 g/mol. The van der Waals surface area contributed by atoms with Crippen molar-refractivity contribution in [3.63, 3.8) is 0 Å². The maximum absolute atomic E-state index is 12.9. The summed E-state index contributed by atoms with van der Waals surface area (Å²) in [6.45, 7) is 4.25. The van der Waals surface area contributed by atoms with Gasteiger partial charge in [-0.25, -0.2) is 13.2 Å². The molecule has 0 unspecified atom stereocenters. The van der Waals surface area contributed by atoms with Crippen LogP contribution in [0.25, 0.3) is 0 Å². The standard InChI is InChI=1S/C22H26N4O6S/c1-15(2)14-32-22(29)25-18-7-4-6-17(12-18)24-21(28)16-5-3-8-19(11-16)33(30,31)26-10-9-23-20(27)13-26/h3-8,11-12,15H,9-10,13-14H2,1-2H3,(H,23,27)(H,24,28)(H,25,29). The second-order valence-electron chi connectivity index (χ2n) is 7.87. The lowest BCUT2D eigenvalue weighted by Crippen LogP contribution is -2.49. The third-order valence-electron chi connectivity index (χ3n) is 4.65. The summed E-state index contributed by atoms with van der Waals surface area (Å²) in [7, 11) is -3.92. The lowest BCUT2D eigenvalue weighted by atomic mass is 10.2. The topological polar surface area (TPSA) is 134 Å². The Hall–Kier alpha value is -3.44. The van der Waals surface area contributed by atoms with Gasteiger partial charge in [-0.1, -0.05) is 26.0 Å². The molecule has 3 rings (SSSR count). The number of carbonyl (C=O) groups excluding carboxylic acids is 3. The molecule has 0 spiro atoms. The van der Waals surface area contributed by atoms with Gasteiger partial charge in [0.05, 0.1) is 18.0 Å². The first kappa shape index (κ1) is 24.2. The number of rotatable bonds is 7. The number of benzene rings is 2. The predicted molar refractivity (Wildman–Crippen MR) is 122 cm³/mol. The van der Waals surface area contributed by atoms with Gasteiger partial charge in [-0.15, -0.1) is 0 Å². The monoisotopic (exact) mass is 474 g/mol. The quantitative estimate of drug-likeness (QED) is 0.564. The van der Waals surface area contributed by atoms with E-state index in [9.17, 15) is 22.8 Å². The Balaban J connectivity index is 1.70. The number of hydrogen-bond acceptors (Lipinski definition) is 6. The number of anilines is 2. The summed E-state index contributed by atoms with van der Waals surface area (Å²) in [4.78, 5) is 36.1. The summed E-state index contributed by atoms with van der Waals surface area (Å²) in [6, 6.07) is 12.1. The smallest absolute Gasteiger partial charge is 0.411 e. The molecule has 0 radical (unpaired) electrons. The fourth-order valence-electron chi connectivity index (χ4n) is 3.04. The molecule has 2 aromatic carbocycles. The van der Waals surface area contributed by atoms with Crippen molar-refractivity contribution in [2.45, 2.75) is 18.7 Å². The van der Waals surface area contributed by atoms with Crippen molar-refractivity contribution in [2.24, 2.45) is 5.92 Å². The van der Waals surface area contributed by atoms with Crippen LogP contribution in [0.1, 0.15) is 24.2 Å². The van der Waals surface area contributed by atoms with Crippen molar-refractivity contribution >= 4 is 39.3 Å². The molecular weight excluding hydrogens is 448 g/mol. The second-order valence-corrected chi connectivity index (χ2v) is 9.81. The minimum absolute atomic E-state index is 0.0758. The molecule has 1 fully saturated rings. The Labute approximate surface area is 192 Å². The molecule has 0 bridgehead atoms. The van der Waals surface area contributed by atoms with Gasteiger partial charge in [0, 0.05) is 30.0 Å². The molecule has 1 aliphatic heterocycles. The highest BCUT2D eigenvalue weighted by molar-refractivity contribution is 7.89. The van der Waals surface area contributed by atoms with Crippen molar-refractivity contribution in [3.8, 4) is 0 Å². The molecule has 3 amide bonds. The fourth-order valence-corrected chi connectivity index (χ4v) is 4.48. The maximum Gasteiger partial charge on any atom is 0.411 e. The van der Waals surface area contributed by atoms with Crippen LogP contribution >= 0.6 is 0 Å². The summed E-state index contributed by atoms with van der Waals surface area (Å²) in [5, 5.41) is 7.85. The zero-order valence-corrected chi connectivity index (χ0v) is 19.1. The summed E-state index contributed by atoms with van der Waals surface area (Å²) < 4.78 is 31.9. The van der Waals surface area contributed by atoms with E-state index in [-0.39, 0.29) is 48.5 Å². The minimum atomic E-state index is -3.92. The van der Waals surface area contributed by atoms with Crippen LogP contribution in [0.15, 0.2) is 53.4 Å². The first-order valence-electron chi connectivity index (χ1n) is 10.4. The van der Waals surface area contributed by atoms with Gasteiger partial charge in [-0.2, -0.15) is 4.31 Å². The SMILES string of the molecule is CC(C)COC(=O)Nc1cccc(NC(=O)c2cccc(S(=O)(=O)N3CCNC(=O)C3)c2)c1. The largest absolute Gasteiger partial charge is 0.449 e. The number of piperazine rings is 1. The van der Waals surface area contributed by atoms with Crippen LogP contribution in [0.4, 0.5) is 16.2 Å². The Morgan fingerprint density at radius 2 is 1.79 bits per heavy atom. The van der Waals surface area contributed by atoms with E-state index in [1.54, 1.807) is 24.3 Å². The highest BCUT2D eigenvalue weighted by Gasteiger charge is 2.29. The summed E-state index contributed by atoms with van der Waals surface area (Å²) >= 11 is 0. The van der Waals surface area contributed by atoms with E-state index in [4.69, 9.17) is 4.74 Å². The first-order valence-corrected chi connectivity index (χ1v) is 11.8. The van der Waals surface area contributed by atoms with Crippen LogP contribution in [0, 0.1) is 5.92 Å². The Morgan fingerprint density at radius 1 is 1.09 bits per heavy atom. The van der Waals surface area contributed by atoms with Crippen molar-refractivity contribution in [2.75, 3.05) is 36.9 Å². The van der Waals surface area contributed by atoms with Gasteiger partial charge in [0.25, 0.3) is 5.91 Å². The van der Waals surface area contributed by atoms with Gasteiger partial charge in [0.2, 0.25) is 15.9 Å². The Kier molecular flexibility index (Phi) is 7.67. The minimum Gasteiger partial charge on any atom is -0.449 e. The Morgan fingerprint density at radius 3 is 2.48 bits per heavy atom. The third-order valence-corrected chi connectivity index (χ3v) is 6.49. The number of carbonyl (C=O) groups is 3. The zero-order valence-electron chi connectivity index (χ0n) is 18.3. The van der Waals surface area contributed by atoms with Gasteiger partial charge in [0.15, 0.2) is 0 Å². The number of nitrogens with one attached hydrogen (secondary N) is 3. The molecule has 10 nitrogen and oxygen atoms in total. The van der Waals surface area contributed by atoms with Crippen LogP contribution in [-0.4, -0.2) is 56.9 Å². The molecule has 11 heteroatoms. The normalized spacial score (nSPS) is 14.5. The van der Waals surface area contributed by atoms with Crippen LogP contribution in [0.3, 0.4) is 0 Å². The second kappa shape index (κ2) is 10.5. The molecule has 33 heavy (non-hydrogen) atoms. The van der Waals surface area contributed by atoms with E-state index in [0.717, 1.165) is 4.31 Å². The van der Waals surface area contributed by atoms with E-state index in [0.29, 0.717) is 11.4 Å². The van der Waals surface area contributed by atoms with E-state index >= 15 is 0 Å². The molecule has 176 valence electrons. The van der Waals surface area contributed by atoms with E-state index in [2.05, 4.69) is 16.0 Å². The summed E-state index contributed by atoms with van der Waals surface area (Å²) in [6.07, 6.45) is -0.600. The van der Waals surface area contributed by atoms with Gasteiger partial charge < -0.3 is 15.4 Å². The van der Waals surface area contributed by atoms with Crippen LogP contribution in [0.5, 0.6) is 0 Å². The van der Waals surface area contributed by atoms with E-state index < -0.39 is 22.0 Å². The number of hydrogen-bond donors (Lipinski definition) is 3. The number of sulfonamides is 1. The van der Waals surface area contributed by atoms with Crippen LogP contribution in [0.2, 0.25) is 0 Å². The van der Waals surface area contributed by atoms with E-state index in [1.807, 2.05) is 13.8 Å². The van der Waals surface area contributed by atoms with Crippen LogP contribution < -0.4 is 16.0 Å². The van der Waals surface area contributed by atoms with Crippen molar-refractivity contribution < 1.29 is 27.5 Å². The molecule has 2 aromatic rings. The number of ether oxygens (including phenoxy) is 1. The van der Waals surface area contributed by atoms with Gasteiger partial charge in [0.1, 0.15) is 0 Å². The third kappa shape index (κ3) is 6.53. The lowest BCUT2D eigenvalue weighted by molar-refractivity contribution is -0.122. The zero-order chi connectivity index (χ0) is 24.0. The highest BCUT2D eigenvalue weighted by atomic mass is 32.2. The molecule has 1 aliphatic rings. The molecule has 0 aromatic heterocycles. The number of nitrogens with zero attached hydrogens (tertiary/aromatic N) is 1.